The van der Waals surface area contributed by atoms with E-state index in [2.05, 4.69) is 80.7 Å². The Morgan fingerprint density at radius 1 is 0.778 bits per heavy atom. The summed E-state index contributed by atoms with van der Waals surface area (Å²) >= 11 is 0. The molecule has 3 aliphatic rings. The molecule has 0 bridgehead atoms. The van der Waals surface area contributed by atoms with Crippen molar-refractivity contribution in [3.63, 3.8) is 0 Å². The molecule has 1 saturated carbocycles. The van der Waals surface area contributed by atoms with Gasteiger partial charge in [-0.05, 0) is 16.7 Å². The number of fused-ring (bicyclic) bond motifs is 3. The van der Waals surface area contributed by atoms with Crippen LogP contribution in [-0.2, 0) is 0 Å². The van der Waals surface area contributed by atoms with E-state index in [0.29, 0.717) is 5.92 Å². The van der Waals surface area contributed by atoms with E-state index in [1.165, 1.54) is 16.7 Å². The monoisotopic (exact) mass is 234 g/mol. The van der Waals surface area contributed by atoms with Gasteiger partial charge in [-0.15, -0.1) is 0 Å². The van der Waals surface area contributed by atoms with Crippen LogP contribution >= 0.6 is 0 Å². The lowest BCUT2D eigenvalue weighted by Gasteiger charge is -2.22. The molecule has 0 aromatic heterocycles. The highest BCUT2D eigenvalue weighted by molar-refractivity contribution is 5.60. The van der Waals surface area contributed by atoms with E-state index in [4.69, 9.17) is 0 Å². The zero-order valence-corrected chi connectivity index (χ0v) is 10.9. The highest BCUT2D eigenvalue weighted by Crippen LogP contribution is 2.54. The summed E-state index contributed by atoms with van der Waals surface area (Å²) in [5.74, 6) is 0.428. The highest BCUT2D eigenvalue weighted by atomic mass is 14.5. The fourth-order valence-electron chi connectivity index (χ4n) is 3.10. The molecule has 0 nitrogen and oxygen atoms in total. The normalized spacial score (nSPS) is 27.4. The second-order valence-corrected chi connectivity index (χ2v) is 5.47. The summed E-state index contributed by atoms with van der Waals surface area (Å²) in [6.45, 7) is 4.65. The van der Waals surface area contributed by atoms with Crippen LogP contribution in [0, 0.1) is 11.3 Å². The minimum Gasteiger partial charge on any atom is -0.0729 e. The molecule has 3 rings (SSSR count). The summed E-state index contributed by atoms with van der Waals surface area (Å²) in [7, 11) is 0. The lowest BCUT2D eigenvalue weighted by atomic mass is 9.81. The number of allylic oxidation sites excluding steroid dienone is 14. The van der Waals surface area contributed by atoms with Crippen LogP contribution in [0.25, 0.3) is 0 Å². The van der Waals surface area contributed by atoms with Gasteiger partial charge < -0.3 is 0 Å². The van der Waals surface area contributed by atoms with Gasteiger partial charge in [-0.3, -0.25) is 0 Å². The summed E-state index contributed by atoms with van der Waals surface area (Å²) in [5.41, 5.74) is 4.49. The van der Waals surface area contributed by atoms with Gasteiger partial charge in [-0.25, -0.2) is 0 Å². The summed E-state index contributed by atoms with van der Waals surface area (Å²) in [6.07, 6.45) is 24.0. The van der Waals surface area contributed by atoms with Crippen LogP contribution < -0.4 is 0 Å². The topological polar surface area (TPSA) is 0 Å². The Kier molecular flexibility index (Phi) is 2.59. The Labute approximate surface area is 109 Å². The van der Waals surface area contributed by atoms with Crippen molar-refractivity contribution in [1.82, 2.24) is 0 Å². The molecule has 0 saturated heterocycles. The Morgan fingerprint density at radius 2 is 1.44 bits per heavy atom. The Balaban J connectivity index is 2.23. The van der Waals surface area contributed by atoms with E-state index in [-0.39, 0.29) is 5.41 Å². The smallest absolute Gasteiger partial charge is 0.0246 e. The standard InChI is InChI=1S/C18H18/c1-18(2)16-12-8-4-3-6-10-14(16)15-11-7-5-9-13-17(15)18/h3-13,15H,1-2H3. The number of rotatable bonds is 0. The Morgan fingerprint density at radius 3 is 2.28 bits per heavy atom. The van der Waals surface area contributed by atoms with Gasteiger partial charge in [0.2, 0.25) is 0 Å². The lowest BCUT2D eigenvalue weighted by molar-refractivity contribution is 0.563. The Bertz CT molecular complexity index is 569. The number of hydrogen-bond acceptors (Lipinski definition) is 0. The van der Waals surface area contributed by atoms with E-state index in [1.807, 2.05) is 0 Å². The first-order valence-corrected chi connectivity index (χ1v) is 6.53. The van der Waals surface area contributed by atoms with Gasteiger partial charge in [0, 0.05) is 11.3 Å². The molecule has 0 spiro atoms. The van der Waals surface area contributed by atoms with Crippen molar-refractivity contribution in [3.05, 3.63) is 83.6 Å². The molecule has 0 N–H and O–H groups in total. The second kappa shape index (κ2) is 4.13. The van der Waals surface area contributed by atoms with Crippen LogP contribution in [0.2, 0.25) is 0 Å². The molecule has 0 heterocycles. The van der Waals surface area contributed by atoms with E-state index in [9.17, 15) is 0 Å². The first kappa shape index (κ1) is 11.3. The zero-order valence-electron chi connectivity index (χ0n) is 10.9. The maximum absolute atomic E-state index is 2.32. The maximum atomic E-state index is 2.32. The second-order valence-electron chi connectivity index (χ2n) is 5.47. The van der Waals surface area contributed by atoms with E-state index < -0.39 is 0 Å². The summed E-state index contributed by atoms with van der Waals surface area (Å²) < 4.78 is 0. The van der Waals surface area contributed by atoms with Crippen molar-refractivity contribution in [2.45, 2.75) is 13.8 Å². The minimum absolute atomic E-state index is 0.116. The van der Waals surface area contributed by atoms with Crippen LogP contribution in [0.15, 0.2) is 83.6 Å². The SMILES string of the molecule is CC1(C)C2=CC=CC=CC=C2C2C=CC=CC=C21. The first-order valence-electron chi connectivity index (χ1n) is 6.53. The predicted octanol–water partition coefficient (Wildman–Crippen LogP) is 4.67. The molecule has 90 valence electrons. The third kappa shape index (κ3) is 1.60. The average Bonchev–Trinajstić information content (AvgIpc) is 2.48. The van der Waals surface area contributed by atoms with Gasteiger partial charge in [-0.1, -0.05) is 80.7 Å². The van der Waals surface area contributed by atoms with Crippen molar-refractivity contribution >= 4 is 0 Å². The van der Waals surface area contributed by atoms with Crippen molar-refractivity contribution < 1.29 is 0 Å². The van der Waals surface area contributed by atoms with Crippen LogP contribution in [0.3, 0.4) is 0 Å². The molecule has 1 atom stereocenters. The van der Waals surface area contributed by atoms with Gasteiger partial charge in [-0.2, -0.15) is 0 Å². The minimum atomic E-state index is 0.116. The Hall–Kier alpha value is -1.82. The van der Waals surface area contributed by atoms with Crippen molar-refractivity contribution in [1.29, 1.82) is 0 Å². The molecule has 1 fully saturated rings. The number of hydrogen-bond donors (Lipinski definition) is 0. The van der Waals surface area contributed by atoms with E-state index in [0.717, 1.165) is 0 Å². The van der Waals surface area contributed by atoms with Crippen LogP contribution in [0.1, 0.15) is 13.8 Å². The maximum Gasteiger partial charge on any atom is 0.0246 e. The lowest BCUT2D eigenvalue weighted by Crippen LogP contribution is -2.12. The molecular weight excluding hydrogens is 216 g/mol. The molecule has 3 aliphatic carbocycles. The van der Waals surface area contributed by atoms with Gasteiger partial charge in [0.1, 0.15) is 0 Å². The molecular formula is C18H18. The summed E-state index contributed by atoms with van der Waals surface area (Å²) in [4.78, 5) is 0. The largest absolute Gasteiger partial charge is 0.0729 e. The quantitative estimate of drug-likeness (QED) is 0.571. The summed E-state index contributed by atoms with van der Waals surface area (Å²) in [6, 6.07) is 0. The van der Waals surface area contributed by atoms with E-state index >= 15 is 0 Å². The van der Waals surface area contributed by atoms with Gasteiger partial charge in [0.25, 0.3) is 0 Å². The van der Waals surface area contributed by atoms with Gasteiger partial charge in [0.15, 0.2) is 0 Å². The molecule has 0 aromatic carbocycles. The molecule has 0 aromatic rings. The van der Waals surface area contributed by atoms with Crippen molar-refractivity contribution in [2.24, 2.45) is 11.3 Å². The fourth-order valence-corrected chi connectivity index (χ4v) is 3.10. The predicted molar refractivity (Wildman–Crippen MR) is 78.1 cm³/mol. The molecule has 18 heavy (non-hydrogen) atoms. The third-order valence-electron chi connectivity index (χ3n) is 4.05. The molecule has 0 radical (unpaired) electrons. The average molecular weight is 234 g/mol. The fraction of sp³-hybridized carbons (Fsp3) is 0.222. The van der Waals surface area contributed by atoms with Crippen LogP contribution in [-0.4, -0.2) is 0 Å². The van der Waals surface area contributed by atoms with Gasteiger partial charge in [0.05, 0.1) is 0 Å². The zero-order chi connectivity index (χ0) is 12.6. The van der Waals surface area contributed by atoms with Gasteiger partial charge >= 0.3 is 0 Å². The van der Waals surface area contributed by atoms with Crippen LogP contribution in [0.5, 0.6) is 0 Å². The van der Waals surface area contributed by atoms with Crippen molar-refractivity contribution in [3.8, 4) is 0 Å². The molecule has 0 heteroatoms. The van der Waals surface area contributed by atoms with Crippen LogP contribution in [0.4, 0.5) is 0 Å². The molecule has 0 aliphatic heterocycles. The molecule has 1 unspecified atom stereocenters. The van der Waals surface area contributed by atoms with E-state index in [1.54, 1.807) is 0 Å². The van der Waals surface area contributed by atoms with Crippen molar-refractivity contribution in [2.75, 3.05) is 0 Å². The molecule has 0 amide bonds. The first-order chi connectivity index (χ1) is 8.71. The third-order valence-corrected chi connectivity index (χ3v) is 4.05. The highest BCUT2D eigenvalue weighted by Gasteiger charge is 2.42. The summed E-state index contributed by atoms with van der Waals surface area (Å²) in [5, 5.41) is 0.